The van der Waals surface area contributed by atoms with E-state index in [1.807, 2.05) is 6.07 Å². The first-order chi connectivity index (χ1) is 15.7. The van der Waals surface area contributed by atoms with Crippen LogP contribution in [0.15, 0.2) is 71.3 Å². The van der Waals surface area contributed by atoms with E-state index in [0.29, 0.717) is 16.5 Å². The third-order valence-electron chi connectivity index (χ3n) is 6.11. The largest absolute Gasteiger partial charge is 0.492 e. The van der Waals surface area contributed by atoms with Gasteiger partial charge in [0.25, 0.3) is 0 Å². The van der Waals surface area contributed by atoms with Crippen molar-refractivity contribution in [3.05, 3.63) is 94.1 Å². The second kappa shape index (κ2) is 7.62. The van der Waals surface area contributed by atoms with Crippen molar-refractivity contribution in [2.24, 2.45) is 0 Å². The normalized spacial score (nSPS) is 15.2. The molecule has 5 aromatic rings. The predicted octanol–water partition coefficient (Wildman–Crippen LogP) is 5.21. The molecule has 1 aliphatic rings. The van der Waals surface area contributed by atoms with E-state index in [0.717, 1.165) is 30.0 Å². The molecule has 0 saturated heterocycles. The molecule has 1 N–H and O–H groups in total. The van der Waals surface area contributed by atoms with E-state index in [-0.39, 0.29) is 11.9 Å². The molecule has 6 rings (SSSR count). The zero-order valence-corrected chi connectivity index (χ0v) is 18.4. The molecule has 1 aliphatic heterocycles. The van der Waals surface area contributed by atoms with Gasteiger partial charge in [0.1, 0.15) is 0 Å². The molecule has 2 aromatic carbocycles. The van der Waals surface area contributed by atoms with Crippen LogP contribution < -0.4 is 0 Å². The van der Waals surface area contributed by atoms with Crippen LogP contribution in [0.25, 0.3) is 16.5 Å². The standard InChI is InChI=1S/C25H22N4O2S/c1-16-8-10-18(11-9-16)21(28-13-12-17-5-2-3-6-19(17)15-28)22-24(30)29-25(32-22)26-23(27-29)20-7-4-14-31-20/h2-11,14,21,30H,12-13,15H2,1H3/t21-/m0/s1. The van der Waals surface area contributed by atoms with Gasteiger partial charge in [-0.15, -0.1) is 5.10 Å². The van der Waals surface area contributed by atoms with Crippen molar-refractivity contribution in [1.29, 1.82) is 0 Å². The van der Waals surface area contributed by atoms with Gasteiger partial charge in [-0.2, -0.15) is 9.50 Å². The SMILES string of the molecule is Cc1ccc([C@@H](c2sc3nc(-c4ccco4)nn3c2O)N2CCc3ccccc3C2)cc1. The Kier molecular flexibility index (Phi) is 4.59. The van der Waals surface area contributed by atoms with Crippen molar-refractivity contribution in [2.45, 2.75) is 25.9 Å². The summed E-state index contributed by atoms with van der Waals surface area (Å²) < 4.78 is 6.95. The minimum Gasteiger partial charge on any atom is -0.492 e. The van der Waals surface area contributed by atoms with E-state index in [4.69, 9.17) is 4.42 Å². The van der Waals surface area contributed by atoms with Crippen molar-refractivity contribution in [3.63, 3.8) is 0 Å². The lowest BCUT2D eigenvalue weighted by atomic mass is 9.95. The van der Waals surface area contributed by atoms with Crippen LogP contribution in [0.2, 0.25) is 0 Å². The third kappa shape index (κ3) is 3.21. The van der Waals surface area contributed by atoms with Crippen LogP contribution in [-0.2, 0) is 13.0 Å². The molecule has 0 amide bonds. The summed E-state index contributed by atoms with van der Waals surface area (Å²) in [6.45, 7) is 3.84. The minimum absolute atomic E-state index is 0.0791. The summed E-state index contributed by atoms with van der Waals surface area (Å²) in [6, 6.07) is 20.7. The fraction of sp³-hybridized carbons (Fsp3) is 0.200. The van der Waals surface area contributed by atoms with Gasteiger partial charge in [0, 0.05) is 13.1 Å². The van der Waals surface area contributed by atoms with E-state index < -0.39 is 0 Å². The highest BCUT2D eigenvalue weighted by atomic mass is 32.1. The molecule has 1 atom stereocenters. The van der Waals surface area contributed by atoms with Crippen molar-refractivity contribution in [2.75, 3.05) is 6.54 Å². The van der Waals surface area contributed by atoms with Gasteiger partial charge in [0.15, 0.2) is 5.76 Å². The summed E-state index contributed by atoms with van der Waals surface area (Å²) in [5.41, 5.74) is 5.11. The van der Waals surface area contributed by atoms with Crippen molar-refractivity contribution in [1.82, 2.24) is 19.5 Å². The molecule has 0 fully saturated rings. The van der Waals surface area contributed by atoms with Gasteiger partial charge >= 0.3 is 0 Å². The number of nitrogens with zero attached hydrogens (tertiary/aromatic N) is 4. The molecule has 0 unspecified atom stereocenters. The maximum Gasteiger partial charge on any atom is 0.230 e. The van der Waals surface area contributed by atoms with Crippen LogP contribution in [0.3, 0.4) is 0 Å². The number of furan rings is 1. The quantitative estimate of drug-likeness (QED) is 0.414. The molecular formula is C25H22N4O2S. The lowest BCUT2D eigenvalue weighted by Gasteiger charge is -2.35. The fourth-order valence-corrected chi connectivity index (χ4v) is 5.57. The molecule has 6 nitrogen and oxygen atoms in total. The number of aryl methyl sites for hydroxylation is 1. The van der Waals surface area contributed by atoms with Crippen LogP contribution in [0.1, 0.15) is 33.2 Å². The maximum atomic E-state index is 11.2. The van der Waals surface area contributed by atoms with Gasteiger partial charge in [-0.3, -0.25) is 4.90 Å². The van der Waals surface area contributed by atoms with Crippen molar-refractivity contribution in [3.8, 4) is 17.5 Å². The fourth-order valence-electron chi connectivity index (χ4n) is 4.45. The van der Waals surface area contributed by atoms with E-state index >= 15 is 0 Å². The highest BCUT2D eigenvalue weighted by Gasteiger charge is 2.31. The van der Waals surface area contributed by atoms with Gasteiger partial charge in [0.2, 0.25) is 16.7 Å². The Bertz CT molecular complexity index is 1390. The molecule has 3 aromatic heterocycles. The van der Waals surface area contributed by atoms with Crippen LogP contribution in [-0.4, -0.2) is 31.1 Å². The summed E-state index contributed by atoms with van der Waals surface area (Å²) >= 11 is 1.48. The van der Waals surface area contributed by atoms with Gasteiger partial charge in [-0.1, -0.05) is 65.4 Å². The summed E-state index contributed by atoms with van der Waals surface area (Å²) in [5.74, 6) is 1.20. The predicted molar refractivity (Wildman–Crippen MR) is 124 cm³/mol. The number of aromatic nitrogens is 3. The highest BCUT2D eigenvalue weighted by Crippen LogP contribution is 2.42. The number of aromatic hydroxyl groups is 1. The second-order valence-corrected chi connectivity index (χ2v) is 9.21. The minimum atomic E-state index is -0.0791. The molecule has 0 saturated carbocycles. The number of fused-ring (bicyclic) bond motifs is 2. The van der Waals surface area contributed by atoms with Crippen LogP contribution in [0.4, 0.5) is 0 Å². The van der Waals surface area contributed by atoms with Crippen molar-refractivity contribution < 1.29 is 9.52 Å². The average molecular weight is 443 g/mol. The number of hydrogen-bond acceptors (Lipinski definition) is 6. The van der Waals surface area contributed by atoms with E-state index in [9.17, 15) is 5.11 Å². The average Bonchev–Trinajstić information content (AvgIpc) is 3.54. The molecule has 160 valence electrons. The first kappa shape index (κ1) is 19.3. The first-order valence-corrected chi connectivity index (χ1v) is 11.5. The van der Waals surface area contributed by atoms with Crippen LogP contribution in [0, 0.1) is 6.92 Å². The van der Waals surface area contributed by atoms with E-state index in [1.54, 1.807) is 12.3 Å². The zero-order valence-electron chi connectivity index (χ0n) is 17.6. The first-order valence-electron chi connectivity index (χ1n) is 10.7. The number of hydrogen-bond donors (Lipinski definition) is 1. The smallest absolute Gasteiger partial charge is 0.230 e. The summed E-state index contributed by atoms with van der Waals surface area (Å²) in [4.78, 5) is 8.55. The lowest BCUT2D eigenvalue weighted by Crippen LogP contribution is -2.34. The molecule has 0 radical (unpaired) electrons. The second-order valence-electron chi connectivity index (χ2n) is 8.20. The van der Waals surface area contributed by atoms with Gasteiger partial charge in [0.05, 0.1) is 17.2 Å². The Morgan fingerprint density at radius 1 is 1.03 bits per heavy atom. The summed E-state index contributed by atoms with van der Waals surface area (Å²) in [5, 5.41) is 15.7. The third-order valence-corrected chi connectivity index (χ3v) is 7.18. The zero-order chi connectivity index (χ0) is 21.7. The Labute approximate surface area is 189 Å². The molecule has 0 bridgehead atoms. The molecule has 0 aliphatic carbocycles. The Hall–Kier alpha value is -3.42. The Balaban J connectivity index is 1.44. The highest BCUT2D eigenvalue weighted by molar-refractivity contribution is 7.17. The molecule has 0 spiro atoms. The van der Waals surface area contributed by atoms with E-state index in [2.05, 4.69) is 70.4 Å². The molecule has 32 heavy (non-hydrogen) atoms. The number of benzene rings is 2. The Morgan fingerprint density at radius 2 is 1.84 bits per heavy atom. The van der Waals surface area contributed by atoms with E-state index in [1.165, 1.54) is 32.5 Å². The molecule has 7 heteroatoms. The van der Waals surface area contributed by atoms with Gasteiger partial charge in [-0.05, 0) is 42.2 Å². The lowest BCUT2D eigenvalue weighted by molar-refractivity contribution is 0.205. The molecular weight excluding hydrogens is 420 g/mol. The summed E-state index contributed by atoms with van der Waals surface area (Å²) in [6.07, 6.45) is 2.58. The van der Waals surface area contributed by atoms with Crippen molar-refractivity contribution >= 4 is 16.3 Å². The monoisotopic (exact) mass is 442 g/mol. The maximum absolute atomic E-state index is 11.2. The number of thiazole rings is 1. The van der Waals surface area contributed by atoms with Gasteiger partial charge < -0.3 is 9.52 Å². The van der Waals surface area contributed by atoms with Crippen LogP contribution in [0.5, 0.6) is 5.88 Å². The van der Waals surface area contributed by atoms with Crippen LogP contribution >= 0.6 is 11.3 Å². The summed E-state index contributed by atoms with van der Waals surface area (Å²) in [7, 11) is 0. The molecule has 4 heterocycles. The Morgan fingerprint density at radius 3 is 2.59 bits per heavy atom. The van der Waals surface area contributed by atoms with Gasteiger partial charge in [-0.25, -0.2) is 0 Å². The topological polar surface area (TPSA) is 66.8 Å². The number of rotatable bonds is 4.